The van der Waals surface area contributed by atoms with E-state index in [0.717, 1.165) is 55.9 Å². The summed E-state index contributed by atoms with van der Waals surface area (Å²) < 4.78 is 28.1. The molecule has 8 heteroatoms. The second-order valence-corrected chi connectivity index (χ2v) is 7.90. The summed E-state index contributed by atoms with van der Waals surface area (Å²) in [5, 5.41) is 19.4. The third kappa shape index (κ3) is 5.28. The molecule has 0 unspecified atom stereocenters. The second-order valence-electron chi connectivity index (χ2n) is 6.37. The molecule has 2 aromatic carbocycles. The zero-order chi connectivity index (χ0) is 19.3. The number of nitrogens with zero attached hydrogens (tertiary/aromatic N) is 2. The molecule has 3 N–H and O–H groups in total. The van der Waals surface area contributed by atoms with Crippen molar-refractivity contribution in [1.29, 1.82) is 5.26 Å². The molecule has 1 saturated heterocycles. The maximum Gasteiger partial charge on any atom is 0.248 e. The smallest absolute Gasteiger partial charge is 0.248 e. The number of hydrogen-bond donors (Lipinski definition) is 2. The molecule has 0 bridgehead atoms. The first-order valence-electron chi connectivity index (χ1n) is 8.68. The van der Waals surface area contributed by atoms with E-state index in [1.807, 2.05) is 30.3 Å². The fraction of sp³-hybridized carbons (Fsp3) is 0.316. The molecule has 3 rings (SSSR count). The number of fused-ring (bicyclic) bond motifs is 1. The molecule has 0 radical (unpaired) electrons. The SMILES string of the molecule is N#CC(=Cc1ccc2cc(NCCN3CCOCC3)ccc2c1)S(N)(=O)=O. The number of morpholine rings is 1. The van der Waals surface area contributed by atoms with Gasteiger partial charge in [0.05, 0.1) is 13.2 Å². The summed E-state index contributed by atoms with van der Waals surface area (Å²) in [5.74, 6) is 0. The van der Waals surface area contributed by atoms with Crippen molar-refractivity contribution >= 4 is 32.6 Å². The topological polar surface area (TPSA) is 108 Å². The van der Waals surface area contributed by atoms with Crippen LogP contribution in [0.1, 0.15) is 5.56 Å². The molecule has 0 aliphatic carbocycles. The van der Waals surface area contributed by atoms with Gasteiger partial charge in [-0.05, 0) is 40.6 Å². The molecule has 0 amide bonds. The summed E-state index contributed by atoms with van der Waals surface area (Å²) in [6.07, 6.45) is 1.28. The van der Waals surface area contributed by atoms with Crippen LogP contribution in [0.15, 0.2) is 41.3 Å². The Labute approximate surface area is 159 Å². The van der Waals surface area contributed by atoms with Gasteiger partial charge in [0.2, 0.25) is 10.0 Å². The molecule has 0 spiro atoms. The average molecular weight is 386 g/mol. The van der Waals surface area contributed by atoms with Gasteiger partial charge in [0, 0.05) is 31.9 Å². The van der Waals surface area contributed by atoms with E-state index in [9.17, 15) is 8.42 Å². The zero-order valence-electron chi connectivity index (χ0n) is 14.9. The van der Waals surface area contributed by atoms with Crippen molar-refractivity contribution in [2.24, 2.45) is 5.14 Å². The quantitative estimate of drug-likeness (QED) is 0.732. The van der Waals surface area contributed by atoms with Gasteiger partial charge in [-0.2, -0.15) is 5.26 Å². The third-order valence-corrected chi connectivity index (χ3v) is 5.26. The van der Waals surface area contributed by atoms with Gasteiger partial charge >= 0.3 is 0 Å². The number of ether oxygens (including phenoxy) is 1. The standard InChI is InChI=1S/C19H22N4O3S/c20-14-19(27(21,24)25)12-15-1-2-17-13-18(4-3-16(17)11-15)22-5-6-23-7-9-26-10-8-23/h1-4,11-13,22H,5-10H2,(H2,21,24,25). The second kappa shape index (κ2) is 8.50. The number of allylic oxidation sites excluding steroid dienone is 1. The minimum absolute atomic E-state index is 0.455. The van der Waals surface area contributed by atoms with Gasteiger partial charge in [0.25, 0.3) is 0 Å². The van der Waals surface area contributed by atoms with E-state index in [0.29, 0.717) is 5.56 Å². The van der Waals surface area contributed by atoms with E-state index in [1.165, 1.54) is 6.08 Å². The van der Waals surface area contributed by atoms with Gasteiger partial charge in [0.1, 0.15) is 6.07 Å². The Morgan fingerprint density at radius 1 is 1.22 bits per heavy atom. The van der Waals surface area contributed by atoms with E-state index in [2.05, 4.69) is 10.2 Å². The highest BCUT2D eigenvalue weighted by Crippen LogP contribution is 2.22. The summed E-state index contributed by atoms with van der Waals surface area (Å²) in [5.41, 5.74) is 1.64. The van der Waals surface area contributed by atoms with Crippen LogP contribution < -0.4 is 10.5 Å². The number of anilines is 1. The van der Waals surface area contributed by atoms with Crippen molar-refractivity contribution < 1.29 is 13.2 Å². The van der Waals surface area contributed by atoms with Gasteiger partial charge in [-0.1, -0.05) is 18.2 Å². The number of nitrogens with two attached hydrogens (primary N) is 1. The first-order chi connectivity index (χ1) is 13.0. The number of benzene rings is 2. The van der Waals surface area contributed by atoms with Crippen molar-refractivity contribution in [1.82, 2.24) is 4.90 Å². The Hall–Kier alpha value is -2.44. The molecule has 1 fully saturated rings. The zero-order valence-corrected chi connectivity index (χ0v) is 15.7. The lowest BCUT2D eigenvalue weighted by molar-refractivity contribution is 0.0398. The van der Waals surface area contributed by atoms with Crippen LogP contribution in [0.4, 0.5) is 5.69 Å². The Morgan fingerprint density at radius 3 is 2.63 bits per heavy atom. The number of nitrogens with one attached hydrogen (secondary N) is 1. The number of primary sulfonamides is 1. The molecule has 2 aromatic rings. The van der Waals surface area contributed by atoms with Crippen LogP contribution in [0.5, 0.6) is 0 Å². The molecular weight excluding hydrogens is 364 g/mol. The lowest BCUT2D eigenvalue weighted by Crippen LogP contribution is -2.38. The Morgan fingerprint density at radius 2 is 1.93 bits per heavy atom. The molecule has 1 heterocycles. The predicted molar refractivity (Wildman–Crippen MR) is 106 cm³/mol. The predicted octanol–water partition coefficient (Wildman–Crippen LogP) is 1.74. The maximum absolute atomic E-state index is 11.4. The number of rotatable bonds is 6. The molecule has 0 saturated carbocycles. The molecule has 0 aromatic heterocycles. The molecule has 1 aliphatic rings. The summed E-state index contributed by atoms with van der Waals surface area (Å²) >= 11 is 0. The summed E-state index contributed by atoms with van der Waals surface area (Å²) in [4.78, 5) is 1.91. The highest BCUT2D eigenvalue weighted by Gasteiger charge is 2.11. The fourth-order valence-electron chi connectivity index (χ4n) is 2.98. The normalized spacial score (nSPS) is 16.2. The van der Waals surface area contributed by atoms with Crippen molar-refractivity contribution in [3.63, 3.8) is 0 Å². The molecular formula is C19H22N4O3S. The first kappa shape index (κ1) is 19.3. The molecule has 1 aliphatic heterocycles. The monoisotopic (exact) mass is 386 g/mol. The molecule has 27 heavy (non-hydrogen) atoms. The summed E-state index contributed by atoms with van der Waals surface area (Å²) in [6.45, 7) is 5.36. The van der Waals surface area contributed by atoms with Crippen molar-refractivity contribution in [3.05, 3.63) is 46.9 Å². The van der Waals surface area contributed by atoms with Crippen LogP contribution in [-0.2, 0) is 14.8 Å². The number of sulfonamides is 1. The Balaban J connectivity index is 1.69. The Kier molecular flexibility index (Phi) is 6.08. The highest BCUT2D eigenvalue weighted by molar-refractivity contribution is 7.93. The summed E-state index contributed by atoms with van der Waals surface area (Å²) in [7, 11) is -4.01. The maximum atomic E-state index is 11.4. The first-order valence-corrected chi connectivity index (χ1v) is 10.2. The minimum atomic E-state index is -4.01. The third-order valence-electron chi connectivity index (χ3n) is 4.44. The largest absolute Gasteiger partial charge is 0.384 e. The number of hydrogen-bond acceptors (Lipinski definition) is 6. The fourth-order valence-corrected chi connectivity index (χ4v) is 3.40. The van der Waals surface area contributed by atoms with Crippen molar-refractivity contribution in [3.8, 4) is 6.07 Å². The van der Waals surface area contributed by atoms with Crippen LogP contribution in [0.25, 0.3) is 16.8 Å². The van der Waals surface area contributed by atoms with Gasteiger partial charge in [-0.25, -0.2) is 13.6 Å². The van der Waals surface area contributed by atoms with Gasteiger partial charge in [-0.15, -0.1) is 0 Å². The van der Waals surface area contributed by atoms with Crippen molar-refractivity contribution in [2.45, 2.75) is 0 Å². The summed E-state index contributed by atoms with van der Waals surface area (Å²) in [6, 6.07) is 13.1. The lowest BCUT2D eigenvalue weighted by atomic mass is 10.1. The van der Waals surface area contributed by atoms with E-state index in [1.54, 1.807) is 12.1 Å². The van der Waals surface area contributed by atoms with Crippen LogP contribution in [0, 0.1) is 11.3 Å². The van der Waals surface area contributed by atoms with Crippen LogP contribution in [0.3, 0.4) is 0 Å². The average Bonchev–Trinajstić information content (AvgIpc) is 2.66. The molecule has 7 nitrogen and oxygen atoms in total. The van der Waals surface area contributed by atoms with Gasteiger partial charge < -0.3 is 10.1 Å². The highest BCUT2D eigenvalue weighted by atomic mass is 32.2. The van der Waals surface area contributed by atoms with Gasteiger partial charge in [0.15, 0.2) is 4.91 Å². The molecule has 0 atom stereocenters. The van der Waals surface area contributed by atoms with Crippen LogP contribution in [-0.4, -0.2) is 52.7 Å². The minimum Gasteiger partial charge on any atom is -0.384 e. The molecule has 142 valence electrons. The van der Waals surface area contributed by atoms with Crippen LogP contribution in [0.2, 0.25) is 0 Å². The number of nitriles is 1. The van der Waals surface area contributed by atoms with Crippen molar-refractivity contribution in [2.75, 3.05) is 44.7 Å². The lowest BCUT2D eigenvalue weighted by Gasteiger charge is -2.26. The van der Waals surface area contributed by atoms with Gasteiger partial charge in [-0.3, -0.25) is 4.90 Å². The van der Waals surface area contributed by atoms with E-state index >= 15 is 0 Å². The van der Waals surface area contributed by atoms with E-state index in [4.69, 9.17) is 15.1 Å². The van der Waals surface area contributed by atoms with Crippen LogP contribution >= 0.6 is 0 Å². The van der Waals surface area contributed by atoms with E-state index < -0.39 is 14.9 Å². The van der Waals surface area contributed by atoms with E-state index in [-0.39, 0.29) is 0 Å². The Bertz CT molecular complexity index is 990.